The first-order valence-electron chi connectivity index (χ1n) is 9.68. The Balaban J connectivity index is 2.05. The molecule has 2 fully saturated rings. The zero-order valence-corrected chi connectivity index (χ0v) is 18.3. The number of methoxy groups -OCH3 is 1. The zero-order chi connectivity index (χ0) is 20.9. The van der Waals surface area contributed by atoms with E-state index in [0.717, 1.165) is 5.56 Å². The van der Waals surface area contributed by atoms with Gasteiger partial charge in [-0.3, -0.25) is 4.79 Å². The van der Waals surface area contributed by atoms with Gasteiger partial charge in [0.1, 0.15) is 0 Å². The van der Waals surface area contributed by atoms with Crippen LogP contribution < -0.4 is 5.46 Å². The molecule has 28 heavy (non-hydrogen) atoms. The van der Waals surface area contributed by atoms with E-state index in [1.165, 1.54) is 7.11 Å². The molecule has 154 valence electrons. The lowest BCUT2D eigenvalue weighted by molar-refractivity contribution is -0.145. The fourth-order valence-corrected chi connectivity index (χ4v) is 6.19. The average Bonchev–Trinajstić information content (AvgIpc) is 3.17. The van der Waals surface area contributed by atoms with Crippen molar-refractivity contribution in [3.8, 4) is 0 Å². The Bertz CT molecular complexity index is 861. The molecule has 0 radical (unpaired) electrons. The summed E-state index contributed by atoms with van der Waals surface area (Å²) in [5.74, 6) is -1.10. The van der Waals surface area contributed by atoms with E-state index in [1.54, 1.807) is 18.2 Å². The largest absolute Gasteiger partial charge is 0.496 e. The van der Waals surface area contributed by atoms with Crippen LogP contribution >= 0.6 is 0 Å². The predicted octanol–water partition coefficient (Wildman–Crippen LogP) is 2.41. The smallest absolute Gasteiger partial charge is 0.469 e. The third kappa shape index (κ3) is 3.50. The van der Waals surface area contributed by atoms with E-state index in [0.29, 0.717) is 24.7 Å². The number of carbonyl (C=O) groups excluding carboxylic acids is 1. The quantitative estimate of drug-likeness (QED) is 0.563. The van der Waals surface area contributed by atoms with Crippen LogP contribution in [0, 0.1) is 12.8 Å². The molecule has 0 N–H and O–H groups in total. The van der Waals surface area contributed by atoms with Crippen LogP contribution in [0.15, 0.2) is 23.1 Å². The Morgan fingerprint density at radius 3 is 2.32 bits per heavy atom. The minimum atomic E-state index is -3.76. The van der Waals surface area contributed by atoms with Crippen LogP contribution in [0.3, 0.4) is 0 Å². The average molecular weight is 408 g/mol. The lowest BCUT2D eigenvalue weighted by atomic mass is 9.78. The lowest BCUT2D eigenvalue weighted by Crippen LogP contribution is -2.41. The summed E-state index contributed by atoms with van der Waals surface area (Å²) in [6, 6.07) is 5.18. The molecule has 0 amide bonds. The summed E-state index contributed by atoms with van der Waals surface area (Å²) in [6.45, 7) is 9.63. The second-order valence-corrected chi connectivity index (χ2v) is 10.9. The van der Waals surface area contributed by atoms with E-state index in [4.69, 9.17) is 14.0 Å². The predicted molar refractivity (Wildman–Crippen MR) is 107 cm³/mol. The lowest BCUT2D eigenvalue weighted by Gasteiger charge is -2.32. The Morgan fingerprint density at radius 1 is 1.14 bits per heavy atom. The maximum atomic E-state index is 13.6. The zero-order valence-electron chi connectivity index (χ0n) is 17.4. The van der Waals surface area contributed by atoms with Gasteiger partial charge in [0.15, 0.2) is 9.84 Å². The maximum absolute atomic E-state index is 13.6. The van der Waals surface area contributed by atoms with Crippen molar-refractivity contribution < 1.29 is 27.3 Å². The highest BCUT2D eigenvalue weighted by Gasteiger charge is 2.53. The summed E-state index contributed by atoms with van der Waals surface area (Å²) in [7, 11) is -3.25. The summed E-state index contributed by atoms with van der Waals surface area (Å²) in [4.78, 5) is 12.3. The maximum Gasteiger partial charge on any atom is 0.496 e. The van der Waals surface area contributed by atoms with Gasteiger partial charge in [-0.1, -0.05) is 24.1 Å². The molecule has 3 rings (SSSR count). The molecule has 0 unspecified atom stereocenters. The highest BCUT2D eigenvalue weighted by molar-refractivity contribution is 7.92. The molecule has 1 aromatic carbocycles. The SMILES string of the molecule is COC(=O)[C@H]1CCC[C@@H]1S(=O)(=O)c1ccc(C)cc1B1OC(C)(C)C(C)(C)O1. The first-order chi connectivity index (χ1) is 12.9. The third-order valence-corrected chi connectivity index (χ3v) is 8.68. The molecule has 0 bridgehead atoms. The van der Waals surface area contributed by atoms with Gasteiger partial charge >= 0.3 is 13.1 Å². The summed E-state index contributed by atoms with van der Waals surface area (Å²) >= 11 is 0. The minimum Gasteiger partial charge on any atom is -0.469 e. The molecule has 2 atom stereocenters. The van der Waals surface area contributed by atoms with Crippen LogP contribution in [-0.2, 0) is 28.7 Å². The van der Waals surface area contributed by atoms with E-state index >= 15 is 0 Å². The Labute approximate surface area is 168 Å². The minimum absolute atomic E-state index is 0.178. The van der Waals surface area contributed by atoms with Crippen molar-refractivity contribution in [2.24, 2.45) is 5.92 Å². The normalized spacial score (nSPS) is 26.4. The van der Waals surface area contributed by atoms with Gasteiger partial charge in [-0.25, -0.2) is 8.42 Å². The van der Waals surface area contributed by atoms with Crippen LogP contribution in [-0.4, -0.2) is 45.1 Å². The highest BCUT2D eigenvalue weighted by Crippen LogP contribution is 2.39. The molecule has 1 aliphatic heterocycles. The van der Waals surface area contributed by atoms with Crippen molar-refractivity contribution in [3.63, 3.8) is 0 Å². The van der Waals surface area contributed by atoms with Crippen LogP contribution in [0.2, 0.25) is 0 Å². The van der Waals surface area contributed by atoms with E-state index < -0.39 is 45.3 Å². The fourth-order valence-electron chi connectivity index (χ4n) is 3.96. The Morgan fingerprint density at radius 2 is 1.75 bits per heavy atom. The topological polar surface area (TPSA) is 78.9 Å². The van der Waals surface area contributed by atoms with Crippen LogP contribution in [0.25, 0.3) is 0 Å². The second kappa shape index (κ2) is 7.15. The highest BCUT2D eigenvalue weighted by atomic mass is 32.2. The first kappa shape index (κ1) is 21.3. The number of hydrogen-bond acceptors (Lipinski definition) is 6. The first-order valence-corrected chi connectivity index (χ1v) is 11.2. The second-order valence-electron chi connectivity index (χ2n) is 8.77. The summed E-state index contributed by atoms with van der Waals surface area (Å²) in [6.07, 6.45) is 1.65. The number of rotatable bonds is 4. The van der Waals surface area contributed by atoms with Crippen molar-refractivity contribution in [2.45, 2.75) is 75.2 Å². The van der Waals surface area contributed by atoms with Gasteiger partial charge < -0.3 is 14.0 Å². The van der Waals surface area contributed by atoms with Crippen molar-refractivity contribution in [2.75, 3.05) is 7.11 Å². The van der Waals surface area contributed by atoms with E-state index in [1.807, 2.05) is 34.6 Å². The Kier molecular flexibility index (Phi) is 5.45. The summed E-state index contributed by atoms with van der Waals surface area (Å²) < 4.78 is 44.2. The number of hydrogen-bond donors (Lipinski definition) is 0. The number of ether oxygens (including phenoxy) is 1. The molecule has 0 aromatic heterocycles. The third-order valence-electron chi connectivity index (χ3n) is 6.33. The monoisotopic (exact) mass is 408 g/mol. The van der Waals surface area contributed by atoms with Gasteiger partial charge in [0.2, 0.25) is 0 Å². The molecule has 8 heteroatoms. The number of aryl methyl sites for hydroxylation is 1. The van der Waals surface area contributed by atoms with Crippen molar-refractivity contribution >= 4 is 28.4 Å². The number of carbonyl (C=O) groups is 1. The molecule has 0 spiro atoms. The summed E-state index contributed by atoms with van der Waals surface area (Å²) in [5.41, 5.74) is 0.253. The fraction of sp³-hybridized carbons (Fsp3) is 0.650. The van der Waals surface area contributed by atoms with Gasteiger partial charge in [0, 0.05) is 5.46 Å². The molecule has 1 aromatic rings. The molecule has 1 aliphatic carbocycles. The molecular weight excluding hydrogens is 379 g/mol. The van der Waals surface area contributed by atoms with Crippen molar-refractivity contribution in [3.05, 3.63) is 23.8 Å². The molecule has 1 heterocycles. The van der Waals surface area contributed by atoms with Gasteiger partial charge in [-0.15, -0.1) is 0 Å². The van der Waals surface area contributed by atoms with Gasteiger partial charge in [0.25, 0.3) is 0 Å². The van der Waals surface area contributed by atoms with E-state index in [-0.39, 0.29) is 4.90 Å². The van der Waals surface area contributed by atoms with E-state index in [2.05, 4.69) is 0 Å². The number of sulfone groups is 1. The number of esters is 1. The Hall–Kier alpha value is -1.38. The number of benzene rings is 1. The molecule has 1 saturated carbocycles. The van der Waals surface area contributed by atoms with Crippen molar-refractivity contribution in [1.82, 2.24) is 0 Å². The van der Waals surface area contributed by atoms with Crippen LogP contribution in [0.1, 0.15) is 52.5 Å². The van der Waals surface area contributed by atoms with E-state index in [9.17, 15) is 13.2 Å². The van der Waals surface area contributed by atoms with Gasteiger partial charge in [0.05, 0.1) is 34.4 Å². The van der Waals surface area contributed by atoms with Crippen LogP contribution in [0.4, 0.5) is 0 Å². The molecule has 1 saturated heterocycles. The molecule has 2 aliphatic rings. The molecular formula is C20H29BO6S. The van der Waals surface area contributed by atoms with Gasteiger partial charge in [-0.2, -0.15) is 0 Å². The summed E-state index contributed by atoms with van der Waals surface area (Å²) in [5, 5.41) is -0.788. The van der Waals surface area contributed by atoms with Crippen molar-refractivity contribution in [1.29, 1.82) is 0 Å². The van der Waals surface area contributed by atoms with Crippen LogP contribution in [0.5, 0.6) is 0 Å². The standard InChI is InChI=1S/C20H29BO6S/c1-13-10-11-17(15(12-13)21-26-19(2,3)20(4,5)27-21)28(23,24)16-9-7-8-14(16)18(22)25-6/h10-12,14,16H,7-9H2,1-6H3/t14-,16-/m0/s1. The molecule has 6 nitrogen and oxygen atoms in total. The van der Waals surface area contributed by atoms with Gasteiger partial charge in [-0.05, 0) is 53.5 Å².